The number of pyridine rings is 1. The van der Waals surface area contributed by atoms with E-state index < -0.39 is 0 Å². The molecular weight excluding hydrogens is 304 g/mol. The summed E-state index contributed by atoms with van der Waals surface area (Å²) >= 11 is 0. The third-order valence-corrected chi connectivity index (χ3v) is 5.07. The van der Waals surface area contributed by atoms with E-state index in [0.717, 1.165) is 18.9 Å². The van der Waals surface area contributed by atoms with Crippen molar-refractivity contribution in [3.63, 3.8) is 0 Å². The maximum Gasteiger partial charge on any atom is 0.272 e. The Morgan fingerprint density at radius 2 is 1.67 bits per heavy atom. The lowest BCUT2D eigenvalue weighted by atomic mass is 9.96. The van der Waals surface area contributed by atoms with Crippen LogP contribution in [0.5, 0.6) is 0 Å². The summed E-state index contributed by atoms with van der Waals surface area (Å²) < 4.78 is 0. The van der Waals surface area contributed by atoms with E-state index in [1.165, 1.54) is 25.7 Å². The van der Waals surface area contributed by atoms with Crippen molar-refractivity contribution >= 4 is 17.6 Å². The van der Waals surface area contributed by atoms with Gasteiger partial charge in [-0.3, -0.25) is 9.59 Å². The molecule has 0 bridgehead atoms. The lowest BCUT2D eigenvalue weighted by Crippen LogP contribution is -2.42. The minimum Gasteiger partial charge on any atom is -0.369 e. The number of carbonyl (C=O) groups is 2. The molecule has 24 heavy (non-hydrogen) atoms. The summed E-state index contributed by atoms with van der Waals surface area (Å²) in [6.07, 6.45) is 6.19. The molecule has 0 atom stereocenters. The third-order valence-electron chi connectivity index (χ3n) is 5.07. The van der Waals surface area contributed by atoms with E-state index in [-0.39, 0.29) is 17.7 Å². The maximum atomic E-state index is 12.7. The first-order valence-electron chi connectivity index (χ1n) is 8.96. The number of hydrogen-bond acceptors (Lipinski definition) is 4. The summed E-state index contributed by atoms with van der Waals surface area (Å²) in [5.41, 5.74) is 5.85. The number of hydrogen-bond donors (Lipinski definition) is 1. The van der Waals surface area contributed by atoms with E-state index in [2.05, 4.69) is 9.88 Å². The van der Waals surface area contributed by atoms with Gasteiger partial charge in [0.05, 0.1) is 0 Å². The van der Waals surface area contributed by atoms with Crippen LogP contribution >= 0.6 is 0 Å². The molecule has 0 radical (unpaired) electrons. The largest absolute Gasteiger partial charge is 0.369 e. The molecule has 0 unspecified atom stereocenters. The van der Waals surface area contributed by atoms with Crippen LogP contribution in [-0.4, -0.2) is 47.9 Å². The van der Waals surface area contributed by atoms with Gasteiger partial charge in [0.2, 0.25) is 5.91 Å². The van der Waals surface area contributed by atoms with Gasteiger partial charge in [-0.1, -0.05) is 18.9 Å². The van der Waals surface area contributed by atoms with Gasteiger partial charge in [0.1, 0.15) is 11.5 Å². The molecule has 1 aromatic rings. The standard InChI is InChI=1S/C18H26N4O2/c19-17(23)14-8-12-22(13-9-14)18(24)15-6-5-7-16(20-15)21-10-3-1-2-4-11-21/h5-7,14H,1-4,8-13H2,(H2,19,23). The fourth-order valence-electron chi connectivity index (χ4n) is 3.55. The zero-order chi connectivity index (χ0) is 16.9. The van der Waals surface area contributed by atoms with Gasteiger partial charge in [-0.2, -0.15) is 0 Å². The topological polar surface area (TPSA) is 79.5 Å². The molecule has 2 amide bonds. The number of nitrogens with two attached hydrogens (primary N) is 1. The normalized spacial score (nSPS) is 19.8. The van der Waals surface area contributed by atoms with Crippen LogP contribution in [0, 0.1) is 5.92 Å². The molecule has 0 aromatic carbocycles. The molecule has 2 aliphatic heterocycles. The van der Waals surface area contributed by atoms with Gasteiger partial charge in [-0.15, -0.1) is 0 Å². The first-order valence-corrected chi connectivity index (χ1v) is 8.96. The molecule has 2 saturated heterocycles. The Kier molecular flexibility index (Phi) is 5.33. The maximum absolute atomic E-state index is 12.7. The van der Waals surface area contributed by atoms with Gasteiger partial charge in [-0.05, 0) is 37.8 Å². The Hall–Kier alpha value is -2.11. The highest BCUT2D eigenvalue weighted by molar-refractivity contribution is 5.93. The number of rotatable bonds is 3. The van der Waals surface area contributed by atoms with E-state index >= 15 is 0 Å². The van der Waals surface area contributed by atoms with Crippen LogP contribution in [-0.2, 0) is 4.79 Å². The zero-order valence-corrected chi connectivity index (χ0v) is 14.1. The second kappa shape index (κ2) is 7.64. The number of anilines is 1. The van der Waals surface area contributed by atoms with Crippen molar-refractivity contribution in [3.05, 3.63) is 23.9 Å². The van der Waals surface area contributed by atoms with Crippen LogP contribution in [0.2, 0.25) is 0 Å². The Balaban J connectivity index is 1.67. The molecule has 2 aliphatic rings. The molecule has 3 rings (SSSR count). The summed E-state index contributed by atoms with van der Waals surface area (Å²) in [4.78, 5) is 32.6. The van der Waals surface area contributed by atoms with Gasteiger partial charge in [0.15, 0.2) is 0 Å². The van der Waals surface area contributed by atoms with E-state index in [4.69, 9.17) is 5.73 Å². The SMILES string of the molecule is NC(=O)C1CCN(C(=O)c2cccc(N3CCCCCC3)n2)CC1. The highest BCUT2D eigenvalue weighted by atomic mass is 16.2. The van der Waals surface area contributed by atoms with Crippen LogP contribution < -0.4 is 10.6 Å². The van der Waals surface area contributed by atoms with Crippen LogP contribution in [0.1, 0.15) is 49.0 Å². The van der Waals surface area contributed by atoms with Crippen molar-refractivity contribution in [3.8, 4) is 0 Å². The minimum atomic E-state index is -0.261. The number of carbonyl (C=O) groups excluding carboxylic acids is 2. The molecule has 0 aliphatic carbocycles. The molecular formula is C18H26N4O2. The number of nitrogens with zero attached hydrogens (tertiary/aromatic N) is 3. The average Bonchev–Trinajstić information content (AvgIpc) is 2.91. The van der Waals surface area contributed by atoms with Gasteiger partial charge >= 0.3 is 0 Å². The van der Waals surface area contributed by atoms with Crippen molar-refractivity contribution in [2.45, 2.75) is 38.5 Å². The van der Waals surface area contributed by atoms with Crippen LogP contribution in [0.3, 0.4) is 0 Å². The molecule has 3 heterocycles. The van der Waals surface area contributed by atoms with Gasteiger partial charge in [-0.25, -0.2) is 4.98 Å². The highest BCUT2D eigenvalue weighted by Crippen LogP contribution is 2.21. The molecule has 6 heteroatoms. The Morgan fingerprint density at radius 3 is 2.29 bits per heavy atom. The zero-order valence-electron chi connectivity index (χ0n) is 14.1. The summed E-state index contributed by atoms with van der Waals surface area (Å²) in [5, 5.41) is 0. The van der Waals surface area contributed by atoms with Crippen molar-refractivity contribution < 1.29 is 9.59 Å². The Bertz CT molecular complexity index is 588. The number of primary amides is 1. The van der Waals surface area contributed by atoms with E-state index in [1.54, 1.807) is 11.0 Å². The predicted octanol–water partition coefficient (Wildman–Crippen LogP) is 1.80. The molecule has 2 fully saturated rings. The molecule has 6 nitrogen and oxygen atoms in total. The van der Waals surface area contributed by atoms with Crippen molar-refractivity contribution in [1.29, 1.82) is 0 Å². The fourth-order valence-corrected chi connectivity index (χ4v) is 3.55. The van der Waals surface area contributed by atoms with E-state index in [0.29, 0.717) is 31.6 Å². The summed E-state index contributed by atoms with van der Waals surface area (Å²) in [5.74, 6) is 0.484. The van der Waals surface area contributed by atoms with Gasteiger partial charge in [0.25, 0.3) is 5.91 Å². The van der Waals surface area contributed by atoms with Crippen LogP contribution in [0.4, 0.5) is 5.82 Å². The minimum absolute atomic E-state index is 0.0467. The first kappa shape index (κ1) is 16.7. The molecule has 130 valence electrons. The van der Waals surface area contributed by atoms with E-state index in [1.807, 2.05) is 12.1 Å². The monoisotopic (exact) mass is 330 g/mol. The van der Waals surface area contributed by atoms with E-state index in [9.17, 15) is 9.59 Å². The van der Waals surface area contributed by atoms with Crippen molar-refractivity contribution in [2.75, 3.05) is 31.1 Å². The van der Waals surface area contributed by atoms with Crippen molar-refractivity contribution in [1.82, 2.24) is 9.88 Å². The number of aromatic nitrogens is 1. The number of likely N-dealkylation sites (tertiary alicyclic amines) is 1. The van der Waals surface area contributed by atoms with Gasteiger partial charge in [0, 0.05) is 32.1 Å². The second-order valence-electron chi connectivity index (χ2n) is 6.75. The Morgan fingerprint density at radius 1 is 1.00 bits per heavy atom. The van der Waals surface area contributed by atoms with Crippen LogP contribution in [0.25, 0.3) is 0 Å². The summed E-state index contributed by atoms with van der Waals surface area (Å²) in [6.45, 7) is 3.16. The lowest BCUT2D eigenvalue weighted by molar-refractivity contribution is -0.123. The quantitative estimate of drug-likeness (QED) is 0.916. The lowest BCUT2D eigenvalue weighted by Gasteiger charge is -2.30. The number of piperidine rings is 1. The predicted molar refractivity (Wildman–Crippen MR) is 92.7 cm³/mol. The highest BCUT2D eigenvalue weighted by Gasteiger charge is 2.27. The summed E-state index contributed by atoms with van der Waals surface area (Å²) in [6, 6.07) is 5.68. The molecule has 0 spiro atoms. The third kappa shape index (κ3) is 3.86. The molecule has 0 saturated carbocycles. The smallest absolute Gasteiger partial charge is 0.272 e. The Labute approximate surface area is 143 Å². The molecule has 1 aromatic heterocycles. The summed E-state index contributed by atoms with van der Waals surface area (Å²) in [7, 11) is 0. The first-order chi connectivity index (χ1) is 11.6. The average molecular weight is 330 g/mol. The van der Waals surface area contributed by atoms with Crippen LogP contribution in [0.15, 0.2) is 18.2 Å². The second-order valence-corrected chi connectivity index (χ2v) is 6.75. The fraction of sp³-hybridized carbons (Fsp3) is 0.611. The van der Waals surface area contributed by atoms with Crippen molar-refractivity contribution in [2.24, 2.45) is 11.7 Å². The molecule has 2 N–H and O–H groups in total. The van der Waals surface area contributed by atoms with Gasteiger partial charge < -0.3 is 15.5 Å². The number of amides is 2.